The average Bonchev–Trinajstić information content (AvgIpc) is 3.19. The highest BCUT2D eigenvalue weighted by atomic mass is 16.2. The third-order valence-corrected chi connectivity index (χ3v) is 5.89. The third-order valence-electron chi connectivity index (χ3n) is 5.89. The van der Waals surface area contributed by atoms with Gasteiger partial charge in [-0.15, -0.1) is 0 Å². The molecule has 8 heteroatoms. The van der Waals surface area contributed by atoms with E-state index in [-0.39, 0.29) is 33.7 Å². The SMILES string of the molecule is Cc1cc(C)cc(-n2c(=O)c3c4c(c5c(=O)n(C)c(=O)c5c3c2=O)CN(C)C4=O)c1. The number of nitrogens with zero attached hydrogens (tertiary/aromatic N) is 3. The van der Waals surface area contributed by atoms with Crippen molar-refractivity contribution < 1.29 is 4.79 Å². The number of aromatic nitrogens is 2. The van der Waals surface area contributed by atoms with Crippen LogP contribution in [0.2, 0.25) is 0 Å². The monoisotopic (exact) mass is 403 g/mol. The zero-order valence-corrected chi connectivity index (χ0v) is 16.8. The van der Waals surface area contributed by atoms with Crippen molar-refractivity contribution in [2.75, 3.05) is 7.05 Å². The smallest absolute Gasteiger partial charge is 0.267 e. The number of amides is 1. The van der Waals surface area contributed by atoms with E-state index < -0.39 is 28.1 Å². The predicted octanol–water partition coefficient (Wildman–Crippen LogP) is 0.641. The molecule has 0 fully saturated rings. The molecular formula is C22H17N3O5. The Balaban J connectivity index is 2.12. The third kappa shape index (κ3) is 2.02. The first kappa shape index (κ1) is 18.2. The van der Waals surface area contributed by atoms with Crippen LogP contribution in [0, 0.1) is 13.8 Å². The molecule has 1 aliphatic heterocycles. The molecule has 8 nitrogen and oxygen atoms in total. The molecule has 4 aromatic rings. The van der Waals surface area contributed by atoms with Gasteiger partial charge in [-0.3, -0.25) is 28.5 Å². The summed E-state index contributed by atoms with van der Waals surface area (Å²) in [6.45, 7) is 3.79. The van der Waals surface area contributed by atoms with Crippen LogP contribution < -0.4 is 22.2 Å². The number of carbonyl (C=O) groups excluding carboxylic acids is 1. The van der Waals surface area contributed by atoms with E-state index in [2.05, 4.69) is 0 Å². The Morgan fingerprint density at radius 1 is 0.700 bits per heavy atom. The molecule has 1 amide bonds. The molecule has 0 saturated carbocycles. The van der Waals surface area contributed by atoms with Gasteiger partial charge >= 0.3 is 0 Å². The number of aryl methyl sites for hydroxylation is 2. The quantitative estimate of drug-likeness (QED) is 0.465. The van der Waals surface area contributed by atoms with Crippen LogP contribution in [0.15, 0.2) is 37.4 Å². The summed E-state index contributed by atoms with van der Waals surface area (Å²) in [5, 5.41) is -0.264. The first-order valence-electron chi connectivity index (χ1n) is 9.41. The summed E-state index contributed by atoms with van der Waals surface area (Å²) < 4.78 is 1.91. The fourth-order valence-electron chi connectivity index (χ4n) is 4.63. The second kappa shape index (κ2) is 5.63. The van der Waals surface area contributed by atoms with Crippen LogP contribution in [0.25, 0.3) is 27.2 Å². The molecule has 0 saturated heterocycles. The van der Waals surface area contributed by atoms with E-state index in [1.165, 1.54) is 11.9 Å². The van der Waals surface area contributed by atoms with Gasteiger partial charge in [-0.1, -0.05) is 6.07 Å². The molecular weight excluding hydrogens is 386 g/mol. The minimum Gasteiger partial charge on any atom is -0.337 e. The molecule has 2 aromatic heterocycles. The van der Waals surface area contributed by atoms with Crippen molar-refractivity contribution in [1.82, 2.24) is 14.0 Å². The maximum absolute atomic E-state index is 13.4. The molecule has 150 valence electrons. The second-order valence-electron chi connectivity index (χ2n) is 7.98. The molecule has 0 radical (unpaired) electrons. The van der Waals surface area contributed by atoms with Crippen LogP contribution in [0.5, 0.6) is 0 Å². The van der Waals surface area contributed by atoms with Gasteiger partial charge in [0.1, 0.15) is 0 Å². The van der Waals surface area contributed by atoms with Gasteiger partial charge in [0.2, 0.25) is 0 Å². The number of carbonyl (C=O) groups is 1. The van der Waals surface area contributed by atoms with Crippen LogP contribution in [-0.2, 0) is 13.6 Å². The maximum Gasteiger partial charge on any atom is 0.267 e. The van der Waals surface area contributed by atoms with Crippen molar-refractivity contribution in [2.24, 2.45) is 7.05 Å². The fourth-order valence-corrected chi connectivity index (χ4v) is 4.63. The van der Waals surface area contributed by atoms with Crippen LogP contribution in [0.3, 0.4) is 0 Å². The van der Waals surface area contributed by atoms with E-state index in [0.29, 0.717) is 11.3 Å². The minimum atomic E-state index is -0.696. The fraction of sp³-hybridized carbons (Fsp3) is 0.227. The Hall–Kier alpha value is -3.81. The molecule has 0 N–H and O–H groups in total. The van der Waals surface area contributed by atoms with Crippen molar-refractivity contribution in [1.29, 1.82) is 0 Å². The van der Waals surface area contributed by atoms with E-state index in [0.717, 1.165) is 20.3 Å². The van der Waals surface area contributed by atoms with Crippen molar-refractivity contribution in [3.63, 3.8) is 0 Å². The highest BCUT2D eigenvalue weighted by molar-refractivity contribution is 6.20. The Morgan fingerprint density at radius 2 is 1.23 bits per heavy atom. The maximum atomic E-state index is 13.4. The zero-order chi connectivity index (χ0) is 21.6. The van der Waals surface area contributed by atoms with Gasteiger partial charge in [-0.05, 0) is 42.7 Å². The molecule has 0 spiro atoms. The molecule has 5 rings (SSSR count). The molecule has 30 heavy (non-hydrogen) atoms. The van der Waals surface area contributed by atoms with Crippen molar-refractivity contribution >= 4 is 27.5 Å². The van der Waals surface area contributed by atoms with Crippen molar-refractivity contribution in [3.8, 4) is 5.69 Å². The standard InChI is InChI=1S/C22H17N3O5/c1-9-5-10(2)7-11(6-9)25-21(29)16-13-12(8-23(3)18(13)26)14-15(17(16)22(25)30)20(28)24(4)19(14)27/h5-7H,8H2,1-4H3. The summed E-state index contributed by atoms with van der Waals surface area (Å²) in [5.41, 5.74) is -0.0878. The van der Waals surface area contributed by atoms with E-state index >= 15 is 0 Å². The van der Waals surface area contributed by atoms with E-state index in [9.17, 15) is 24.0 Å². The summed E-state index contributed by atoms with van der Waals surface area (Å²) in [4.78, 5) is 66.7. The lowest BCUT2D eigenvalue weighted by molar-refractivity contribution is 0.0818. The molecule has 0 atom stereocenters. The highest BCUT2D eigenvalue weighted by Gasteiger charge is 2.36. The number of rotatable bonds is 1. The largest absolute Gasteiger partial charge is 0.337 e. The van der Waals surface area contributed by atoms with Crippen LogP contribution in [-0.4, -0.2) is 27.0 Å². The zero-order valence-electron chi connectivity index (χ0n) is 16.8. The highest BCUT2D eigenvalue weighted by Crippen LogP contribution is 2.33. The first-order chi connectivity index (χ1) is 14.1. The van der Waals surface area contributed by atoms with Crippen molar-refractivity contribution in [2.45, 2.75) is 20.4 Å². The molecule has 2 aromatic carbocycles. The molecule has 3 heterocycles. The number of hydrogen-bond donors (Lipinski definition) is 0. The van der Waals surface area contributed by atoms with E-state index in [4.69, 9.17) is 0 Å². The summed E-state index contributed by atoms with van der Waals surface area (Å²) >= 11 is 0. The Kier molecular flexibility index (Phi) is 3.42. The predicted molar refractivity (Wildman–Crippen MR) is 112 cm³/mol. The lowest BCUT2D eigenvalue weighted by atomic mass is 9.98. The van der Waals surface area contributed by atoms with E-state index in [1.807, 2.05) is 19.9 Å². The molecule has 0 bridgehead atoms. The van der Waals surface area contributed by atoms with E-state index in [1.54, 1.807) is 19.2 Å². The average molecular weight is 403 g/mol. The number of hydrogen-bond acceptors (Lipinski definition) is 5. The number of fused-ring (bicyclic) bond motifs is 6. The van der Waals surface area contributed by atoms with Gasteiger partial charge in [0.25, 0.3) is 28.1 Å². The molecule has 0 unspecified atom stereocenters. The van der Waals surface area contributed by atoms with Gasteiger partial charge in [0.15, 0.2) is 0 Å². The van der Waals surface area contributed by atoms with Crippen LogP contribution in [0.1, 0.15) is 27.0 Å². The summed E-state index contributed by atoms with van der Waals surface area (Å²) in [6.07, 6.45) is 0. The van der Waals surface area contributed by atoms with Gasteiger partial charge in [-0.25, -0.2) is 4.57 Å². The lowest BCUT2D eigenvalue weighted by Crippen LogP contribution is -2.24. The second-order valence-corrected chi connectivity index (χ2v) is 7.98. The van der Waals surface area contributed by atoms with Crippen LogP contribution in [0.4, 0.5) is 0 Å². The molecule has 1 aliphatic rings. The summed E-state index contributed by atoms with van der Waals surface area (Å²) in [7, 11) is 2.88. The van der Waals surface area contributed by atoms with Gasteiger partial charge < -0.3 is 4.90 Å². The Labute approximate surface area is 168 Å². The normalized spacial score (nSPS) is 13.7. The first-order valence-corrected chi connectivity index (χ1v) is 9.41. The van der Waals surface area contributed by atoms with Gasteiger partial charge in [0.05, 0.1) is 32.8 Å². The Morgan fingerprint density at radius 3 is 1.87 bits per heavy atom. The lowest BCUT2D eigenvalue weighted by Gasteiger charge is -2.05. The topological polar surface area (TPSA) is 98.4 Å². The summed E-state index contributed by atoms with van der Waals surface area (Å²) in [5.74, 6) is -0.442. The minimum absolute atomic E-state index is 0.0490. The van der Waals surface area contributed by atoms with Crippen molar-refractivity contribution in [3.05, 3.63) is 81.9 Å². The number of benzene rings is 2. The Bertz CT molecular complexity index is 1640. The summed E-state index contributed by atoms with van der Waals surface area (Å²) in [6, 6.07) is 5.30. The van der Waals surface area contributed by atoms with Gasteiger partial charge in [0, 0.05) is 20.6 Å². The molecule has 0 aliphatic carbocycles. The van der Waals surface area contributed by atoms with Crippen LogP contribution >= 0.6 is 0 Å². The van der Waals surface area contributed by atoms with Gasteiger partial charge in [-0.2, -0.15) is 0 Å².